The zero-order valence-electron chi connectivity index (χ0n) is 97.8. The van der Waals surface area contributed by atoms with Crippen LogP contribution >= 0.6 is 0 Å². The number of hydrogen-bond acceptors (Lipinski definition) is 0. The van der Waals surface area contributed by atoms with Crippen LogP contribution in [0.2, 0.25) is 0 Å². The van der Waals surface area contributed by atoms with Gasteiger partial charge in [0.1, 0.15) is 0 Å². The van der Waals surface area contributed by atoms with Gasteiger partial charge in [-0.25, -0.2) is 0 Å². The molecule has 0 aliphatic heterocycles. The van der Waals surface area contributed by atoms with Gasteiger partial charge in [0.2, 0.25) is 0 Å². The average Bonchev–Trinajstić information content (AvgIpc) is 0.688. The molecule has 0 heteroatoms. The van der Waals surface area contributed by atoms with Crippen molar-refractivity contribution in [2.45, 2.75) is 218 Å². The fourth-order valence-corrected chi connectivity index (χ4v) is 17.7. The Morgan fingerprint density at radius 3 is 0.741 bits per heavy atom. The van der Waals surface area contributed by atoms with Gasteiger partial charge in [-0.05, 0) is 299 Å². The average molecular weight is 1780 g/mol. The van der Waals surface area contributed by atoms with Crippen LogP contribution in [0.25, 0.3) is 122 Å². The van der Waals surface area contributed by atoms with E-state index in [9.17, 15) is 0 Å². The van der Waals surface area contributed by atoms with Crippen LogP contribution in [0, 0.1) is 34.6 Å². The summed E-state index contributed by atoms with van der Waals surface area (Å²) in [6.07, 6.45) is 0. The lowest BCUT2D eigenvalue weighted by Crippen LogP contribution is -2.23. The summed E-state index contributed by atoms with van der Waals surface area (Å²) in [4.78, 5) is 0. The molecule has 0 aromatic heterocycles. The van der Waals surface area contributed by atoms with Crippen LogP contribution in [0.15, 0.2) is 412 Å². The third-order valence-corrected chi connectivity index (χ3v) is 24.2. The Hall–Kier alpha value is -13.3. The molecule has 0 spiro atoms. The summed E-state index contributed by atoms with van der Waals surface area (Å²) in [5.41, 5.74) is 35.7. The van der Waals surface area contributed by atoms with Crippen molar-refractivity contribution in [2.75, 3.05) is 0 Å². The molecule has 0 fully saturated rings. The van der Waals surface area contributed by atoms with Crippen molar-refractivity contribution in [1.29, 1.82) is 0 Å². The first-order valence-corrected chi connectivity index (χ1v) is 47.5. The minimum atomic E-state index is -0.478. The predicted molar refractivity (Wildman–Crippen MR) is 593 cm³/mol. The third kappa shape index (κ3) is 27.3. The minimum Gasteiger partial charge on any atom is -0.0622 e. The van der Waals surface area contributed by atoms with Gasteiger partial charge in [0.05, 0.1) is 17.8 Å². The SMILES string of the molecule is CC(C)(C)c1c(-c2cc(-c3ccccc3)cc(-c3ccccc3)c2)cccc1-c1cc(-c2ccccc2)cc(-c2ccccc2)c1.CC(C)(C)c1cc(-c2ccccc2)cc(-c2ccccc2)c1.Cc1cccc(C)c1C(C)(C)C.Cc1ccccc1C(C)(C)C.[2H]c1c([2H])c(C)c([2H])c(-c2cccc(C(C)(C)C)c2C(C)(C)C)c1[2H].[2H]c1c([2H])c([2H])c(-c2cc(-c3c([2H])c([2H])c(C)c([2H])c3[2H])cc(C(C)(C)C)c2)c([2H])c1[2H]. The van der Waals surface area contributed by atoms with E-state index in [4.69, 9.17) is 17.8 Å². The topological polar surface area (TPSA) is 0 Å². The normalized spacial score (nSPS) is 13.0. The van der Waals surface area contributed by atoms with Gasteiger partial charge in [0, 0.05) is 0 Å². The highest BCUT2D eigenvalue weighted by molar-refractivity contribution is 5.89. The Morgan fingerprint density at radius 2 is 0.430 bits per heavy atom. The Morgan fingerprint density at radius 1 is 0.163 bits per heavy atom. The first-order valence-electron chi connectivity index (χ1n) is 54.0. The summed E-state index contributed by atoms with van der Waals surface area (Å²) in [6, 6.07) is 116. The van der Waals surface area contributed by atoms with E-state index >= 15 is 0 Å². The molecule has 0 aliphatic carbocycles. The molecule has 0 atom stereocenters. The Kier molecular flexibility index (Phi) is 27.1. The van der Waals surface area contributed by atoms with Gasteiger partial charge >= 0.3 is 0 Å². The molecule has 17 aromatic rings. The number of aryl methyl sites for hydroxylation is 3. The van der Waals surface area contributed by atoms with Gasteiger partial charge in [-0.15, -0.1) is 0 Å². The van der Waals surface area contributed by atoms with Crippen LogP contribution in [0.3, 0.4) is 0 Å². The van der Waals surface area contributed by atoms with E-state index in [1.54, 1.807) is 25.1 Å². The molecular weight excluding hydrogens is 1620 g/mol. The van der Waals surface area contributed by atoms with E-state index in [0.29, 0.717) is 22.3 Å². The second kappa shape index (κ2) is 43.8. The van der Waals surface area contributed by atoms with E-state index in [2.05, 4.69) is 449 Å². The highest BCUT2D eigenvalue weighted by atomic mass is 14.3. The largest absolute Gasteiger partial charge is 0.0632 e. The zero-order chi connectivity index (χ0) is 109. The summed E-state index contributed by atoms with van der Waals surface area (Å²) >= 11 is 0. The first kappa shape index (κ1) is 83.6. The van der Waals surface area contributed by atoms with Crippen molar-refractivity contribution >= 4 is 0 Å². The van der Waals surface area contributed by atoms with E-state index in [1.165, 1.54) is 140 Å². The van der Waals surface area contributed by atoms with Crippen molar-refractivity contribution < 1.29 is 17.8 Å². The van der Waals surface area contributed by atoms with Crippen LogP contribution in [0.4, 0.5) is 0 Å². The predicted octanol–water partition coefficient (Wildman–Crippen LogP) is 39.1. The maximum absolute atomic E-state index is 8.52. The van der Waals surface area contributed by atoms with Gasteiger partial charge in [0.15, 0.2) is 0 Å². The van der Waals surface area contributed by atoms with E-state index in [0.717, 1.165) is 16.7 Å². The molecule has 135 heavy (non-hydrogen) atoms. The van der Waals surface area contributed by atoms with Crippen molar-refractivity contribution in [3.8, 4) is 122 Å². The molecule has 17 rings (SSSR count). The maximum Gasteiger partial charge on any atom is 0.0632 e. The lowest BCUT2D eigenvalue weighted by Gasteiger charge is -2.32. The fourth-order valence-electron chi connectivity index (χ4n) is 17.7. The highest BCUT2D eigenvalue weighted by Gasteiger charge is 2.30. The van der Waals surface area contributed by atoms with Gasteiger partial charge in [-0.2, -0.15) is 0 Å². The summed E-state index contributed by atoms with van der Waals surface area (Å²) in [5.74, 6) is 0. The van der Waals surface area contributed by atoms with Crippen LogP contribution in [-0.4, -0.2) is 0 Å². The molecule has 0 amide bonds. The van der Waals surface area contributed by atoms with Gasteiger partial charge in [-0.3, -0.25) is 0 Å². The third-order valence-electron chi connectivity index (χ3n) is 24.2. The van der Waals surface area contributed by atoms with Crippen molar-refractivity contribution in [2.24, 2.45) is 0 Å². The van der Waals surface area contributed by atoms with Crippen LogP contribution in [-0.2, 0) is 37.9 Å². The quantitative estimate of drug-likeness (QED) is 0.121. The lowest BCUT2D eigenvalue weighted by molar-refractivity contribution is 0.531. The second-order valence-electron chi connectivity index (χ2n) is 42.7. The molecule has 0 unspecified atom stereocenters. The molecule has 0 radical (unpaired) electrons. The Bertz CT molecular complexity index is 7050. The summed E-state index contributed by atoms with van der Waals surface area (Å²) in [5, 5.41) is 0. The Labute approximate surface area is 832 Å². The van der Waals surface area contributed by atoms with Gasteiger partial charge in [-0.1, -0.05) is 520 Å². The molecule has 0 bridgehead atoms. The van der Waals surface area contributed by atoms with Crippen LogP contribution in [0.1, 0.15) is 230 Å². The standard InChI is InChI=1S/C46H38.C23H24.C22H22.C21H28.C12H18.C11H16/c1-46(2,3)45-43(41-29-37(33-17-8-4-9-18-33)27-38(30-41)34-19-10-5-11-20-34)25-16-26-44(45)42-31-39(35-21-12-6-13-22-35)28-40(32-42)36-23-14-7-15-24-36;1-17-10-12-19(13-11-17)21-14-20(18-8-6-5-7-9-18)15-22(16-21)23(2,3)4;1-22(2,3)21-15-19(17-10-6-4-7-11-17)14-20(16-21)18-12-8-5-9-13-18;1-15-10-8-11-16(14-15)17-12-9-13-18(20(2,3)4)19(17)21(5,6)7;1-9-7-6-8-10(2)11(9)12(3,4)5;1-9-7-5-6-8-10(9)11(2,3)4/h4-32H,1-3H3;5-16H,1-4H3;4-16H,1-3H3;8-14H,1-7H3;6-8H,1-5H3;5-8H,1-4H3/i;5D,6D,7D,8D,9D,10D,11D,12D,13D;;8D,10D,11D,14D;;. The number of rotatable bonds is 11. The minimum absolute atomic E-state index is 0.0250. The van der Waals surface area contributed by atoms with E-state index in [1.807, 2.05) is 32.9 Å². The summed E-state index contributed by atoms with van der Waals surface area (Å²) in [6.45, 7) is 55.9. The maximum atomic E-state index is 8.52. The summed E-state index contributed by atoms with van der Waals surface area (Å²) < 4.78 is 107. The molecule has 0 saturated carbocycles. The Balaban J connectivity index is 0.000000168. The van der Waals surface area contributed by atoms with Crippen molar-refractivity contribution in [3.05, 3.63) is 479 Å². The van der Waals surface area contributed by atoms with Crippen molar-refractivity contribution in [1.82, 2.24) is 0 Å². The molecule has 0 N–H and O–H groups in total. The van der Waals surface area contributed by atoms with Gasteiger partial charge in [0.25, 0.3) is 0 Å². The van der Waals surface area contributed by atoms with Crippen LogP contribution in [0.5, 0.6) is 0 Å². The zero-order valence-corrected chi connectivity index (χ0v) is 84.8. The molecule has 0 heterocycles. The van der Waals surface area contributed by atoms with E-state index in [-0.39, 0.29) is 115 Å². The molecular formula is C135H146. The van der Waals surface area contributed by atoms with Crippen LogP contribution < -0.4 is 0 Å². The highest BCUT2D eigenvalue weighted by Crippen LogP contribution is 2.47. The fraction of sp³-hybridized carbons (Fsp3) is 0.244. The lowest BCUT2D eigenvalue weighted by atomic mass is 9.72. The first-order chi connectivity index (χ1) is 69.4. The van der Waals surface area contributed by atoms with Crippen molar-refractivity contribution in [3.63, 3.8) is 0 Å². The summed E-state index contributed by atoms with van der Waals surface area (Å²) in [7, 11) is 0. The molecule has 0 nitrogen and oxygen atoms in total. The molecule has 0 saturated heterocycles. The smallest absolute Gasteiger partial charge is 0.0622 e. The molecule has 17 aromatic carbocycles. The number of benzene rings is 17. The number of hydrogen-bond donors (Lipinski definition) is 0. The second-order valence-corrected chi connectivity index (χ2v) is 42.7. The van der Waals surface area contributed by atoms with E-state index < -0.39 is 18.1 Å². The molecule has 0 aliphatic rings. The monoisotopic (exact) mass is 1780 g/mol. The molecule has 686 valence electrons. The van der Waals surface area contributed by atoms with Gasteiger partial charge < -0.3 is 0 Å².